The molecule has 1 atom stereocenters. The van der Waals surface area contributed by atoms with E-state index in [0.29, 0.717) is 5.56 Å². The third kappa shape index (κ3) is 4.48. The van der Waals surface area contributed by atoms with Crippen LogP contribution < -0.4 is 10.6 Å². The molecule has 130 valence electrons. The van der Waals surface area contributed by atoms with Crippen LogP contribution in [0.25, 0.3) is 0 Å². The van der Waals surface area contributed by atoms with Gasteiger partial charge in [0.15, 0.2) is 0 Å². The molecule has 0 fully saturated rings. The number of nitrogens with one attached hydrogen (secondary N) is 2. The summed E-state index contributed by atoms with van der Waals surface area (Å²) < 4.78 is 40.0. The molecule has 0 saturated carbocycles. The van der Waals surface area contributed by atoms with Crippen molar-refractivity contribution in [2.24, 2.45) is 7.05 Å². The van der Waals surface area contributed by atoms with Crippen LogP contribution in [0.5, 0.6) is 0 Å². The van der Waals surface area contributed by atoms with E-state index in [9.17, 15) is 23.1 Å². The van der Waals surface area contributed by atoms with Crippen LogP contribution in [0.3, 0.4) is 0 Å². The van der Waals surface area contributed by atoms with E-state index in [1.165, 1.54) is 29.9 Å². The second kappa shape index (κ2) is 6.91. The lowest BCUT2D eigenvalue weighted by Crippen LogP contribution is -2.32. The fraction of sp³-hybridized carbons (Fsp3) is 0.333. The van der Waals surface area contributed by atoms with Gasteiger partial charge in [-0.05, 0) is 24.6 Å². The van der Waals surface area contributed by atoms with Crippen molar-refractivity contribution in [3.63, 3.8) is 0 Å². The van der Waals surface area contributed by atoms with Crippen LogP contribution in [0.15, 0.2) is 30.6 Å². The molecule has 1 aromatic heterocycles. The second-order valence-electron chi connectivity index (χ2n) is 5.33. The summed E-state index contributed by atoms with van der Waals surface area (Å²) in [6.45, 7) is 1.24. The standard InChI is InChI=1S/C15H17F3N4O2/c1-9-3-4-11(5-12(9)15(16,17)18)21-14(24)19-7-13(23)10-6-20-22(2)8-10/h3-6,8,13,23H,7H2,1-2H3,(H2,19,21,24). The monoisotopic (exact) mass is 342 g/mol. The molecule has 1 unspecified atom stereocenters. The van der Waals surface area contributed by atoms with E-state index in [1.54, 1.807) is 13.2 Å². The quantitative estimate of drug-likeness (QED) is 0.799. The zero-order valence-corrected chi connectivity index (χ0v) is 13.1. The number of nitrogens with zero attached hydrogens (tertiary/aromatic N) is 2. The Bertz CT molecular complexity index is 728. The van der Waals surface area contributed by atoms with Crippen molar-refractivity contribution < 1.29 is 23.1 Å². The number of carbonyl (C=O) groups excluding carboxylic acids is 1. The number of aryl methyl sites for hydroxylation is 2. The largest absolute Gasteiger partial charge is 0.416 e. The Labute approximate surface area is 136 Å². The van der Waals surface area contributed by atoms with Crippen molar-refractivity contribution in [1.29, 1.82) is 0 Å². The molecule has 24 heavy (non-hydrogen) atoms. The highest BCUT2D eigenvalue weighted by Crippen LogP contribution is 2.33. The Morgan fingerprint density at radius 3 is 2.71 bits per heavy atom. The van der Waals surface area contributed by atoms with Crippen LogP contribution in [-0.4, -0.2) is 27.5 Å². The molecule has 2 rings (SSSR count). The molecule has 9 heteroatoms. The molecule has 0 saturated heterocycles. The first kappa shape index (κ1) is 17.8. The number of halogens is 3. The van der Waals surface area contributed by atoms with Gasteiger partial charge in [-0.1, -0.05) is 6.07 Å². The number of aromatic nitrogens is 2. The maximum Gasteiger partial charge on any atom is 0.416 e. The van der Waals surface area contributed by atoms with E-state index < -0.39 is 23.9 Å². The van der Waals surface area contributed by atoms with Gasteiger partial charge in [0.2, 0.25) is 0 Å². The van der Waals surface area contributed by atoms with Crippen molar-refractivity contribution >= 4 is 11.7 Å². The Morgan fingerprint density at radius 1 is 1.42 bits per heavy atom. The van der Waals surface area contributed by atoms with E-state index >= 15 is 0 Å². The normalized spacial score (nSPS) is 12.8. The summed E-state index contributed by atoms with van der Waals surface area (Å²) in [7, 11) is 1.69. The van der Waals surface area contributed by atoms with Crippen LogP contribution in [0.4, 0.5) is 23.7 Å². The molecule has 0 radical (unpaired) electrons. The van der Waals surface area contributed by atoms with Crippen LogP contribution in [0, 0.1) is 6.92 Å². The number of urea groups is 1. The number of hydrogen-bond acceptors (Lipinski definition) is 3. The molecular formula is C15H17F3N4O2. The minimum atomic E-state index is -4.49. The second-order valence-corrected chi connectivity index (χ2v) is 5.33. The Morgan fingerprint density at radius 2 is 2.12 bits per heavy atom. The average molecular weight is 342 g/mol. The summed E-state index contributed by atoms with van der Waals surface area (Å²) in [6, 6.07) is 2.81. The first-order valence-corrected chi connectivity index (χ1v) is 7.06. The van der Waals surface area contributed by atoms with E-state index in [1.807, 2.05) is 0 Å². The molecule has 0 bridgehead atoms. The Balaban J connectivity index is 1.95. The van der Waals surface area contributed by atoms with Crippen molar-refractivity contribution in [2.45, 2.75) is 19.2 Å². The lowest BCUT2D eigenvalue weighted by atomic mass is 10.1. The van der Waals surface area contributed by atoms with Crippen LogP contribution >= 0.6 is 0 Å². The lowest BCUT2D eigenvalue weighted by Gasteiger charge is -2.14. The minimum Gasteiger partial charge on any atom is -0.386 e. The van der Waals surface area contributed by atoms with E-state index in [4.69, 9.17) is 0 Å². The zero-order chi connectivity index (χ0) is 17.9. The first-order chi connectivity index (χ1) is 11.2. The van der Waals surface area contributed by atoms with Gasteiger partial charge in [0, 0.05) is 31.0 Å². The van der Waals surface area contributed by atoms with Crippen molar-refractivity contribution in [2.75, 3.05) is 11.9 Å². The molecule has 0 spiro atoms. The highest BCUT2D eigenvalue weighted by Gasteiger charge is 2.32. The van der Waals surface area contributed by atoms with Gasteiger partial charge < -0.3 is 15.7 Å². The number of aliphatic hydroxyl groups is 1. The highest BCUT2D eigenvalue weighted by molar-refractivity contribution is 5.89. The number of benzene rings is 1. The maximum atomic E-state index is 12.8. The third-order valence-electron chi connectivity index (χ3n) is 3.37. The predicted molar refractivity (Wildman–Crippen MR) is 81.4 cm³/mol. The maximum absolute atomic E-state index is 12.8. The third-order valence-corrected chi connectivity index (χ3v) is 3.37. The molecule has 1 aromatic carbocycles. The molecule has 1 heterocycles. The fourth-order valence-corrected chi connectivity index (χ4v) is 2.10. The molecular weight excluding hydrogens is 325 g/mol. The van der Waals surface area contributed by atoms with Gasteiger partial charge >= 0.3 is 12.2 Å². The summed E-state index contributed by atoms with van der Waals surface area (Å²) in [5.41, 5.74) is -0.204. The van der Waals surface area contributed by atoms with Gasteiger partial charge in [-0.25, -0.2) is 4.79 Å². The van der Waals surface area contributed by atoms with E-state index in [0.717, 1.165) is 6.07 Å². The van der Waals surface area contributed by atoms with E-state index in [2.05, 4.69) is 15.7 Å². The van der Waals surface area contributed by atoms with Crippen LogP contribution in [-0.2, 0) is 13.2 Å². The molecule has 2 aromatic rings. The SMILES string of the molecule is Cc1ccc(NC(=O)NCC(O)c2cnn(C)c2)cc1C(F)(F)F. The molecule has 2 amide bonds. The Kier molecular flexibility index (Phi) is 5.13. The average Bonchev–Trinajstić information content (AvgIpc) is 2.92. The van der Waals surface area contributed by atoms with Gasteiger partial charge in [-0.15, -0.1) is 0 Å². The molecule has 6 nitrogen and oxygen atoms in total. The van der Waals surface area contributed by atoms with Gasteiger partial charge in [0.05, 0.1) is 17.9 Å². The number of carbonyl (C=O) groups is 1. The number of hydrogen-bond donors (Lipinski definition) is 3. The van der Waals surface area contributed by atoms with Gasteiger partial charge in [-0.3, -0.25) is 4.68 Å². The lowest BCUT2D eigenvalue weighted by molar-refractivity contribution is -0.138. The number of aliphatic hydroxyl groups excluding tert-OH is 1. The summed E-state index contributed by atoms with van der Waals surface area (Å²) in [5.74, 6) is 0. The fourth-order valence-electron chi connectivity index (χ4n) is 2.10. The van der Waals surface area contributed by atoms with Crippen molar-refractivity contribution in [3.8, 4) is 0 Å². The molecule has 0 aliphatic carbocycles. The van der Waals surface area contributed by atoms with Gasteiger partial charge in [0.25, 0.3) is 0 Å². The number of alkyl halides is 3. The van der Waals surface area contributed by atoms with Crippen LogP contribution in [0.2, 0.25) is 0 Å². The first-order valence-electron chi connectivity index (χ1n) is 7.06. The van der Waals surface area contributed by atoms with Crippen molar-refractivity contribution in [1.82, 2.24) is 15.1 Å². The molecule has 0 aliphatic heterocycles. The zero-order valence-electron chi connectivity index (χ0n) is 13.1. The summed E-state index contributed by atoms with van der Waals surface area (Å²) in [4.78, 5) is 11.8. The van der Waals surface area contributed by atoms with Crippen LogP contribution in [0.1, 0.15) is 22.8 Å². The smallest absolute Gasteiger partial charge is 0.386 e. The topological polar surface area (TPSA) is 79.2 Å². The minimum absolute atomic E-state index is 0.0151. The summed E-state index contributed by atoms with van der Waals surface area (Å²) >= 11 is 0. The number of rotatable bonds is 4. The van der Waals surface area contributed by atoms with E-state index in [-0.39, 0.29) is 17.8 Å². The molecule has 3 N–H and O–H groups in total. The Hall–Kier alpha value is -2.55. The summed E-state index contributed by atoms with van der Waals surface area (Å²) in [5, 5.41) is 18.5. The predicted octanol–water partition coefficient (Wildman–Crippen LogP) is 2.60. The highest BCUT2D eigenvalue weighted by atomic mass is 19.4. The number of anilines is 1. The van der Waals surface area contributed by atoms with Crippen molar-refractivity contribution in [3.05, 3.63) is 47.3 Å². The van der Waals surface area contributed by atoms with Gasteiger partial charge in [-0.2, -0.15) is 18.3 Å². The summed E-state index contributed by atoms with van der Waals surface area (Å²) in [6.07, 6.45) is -2.40. The number of amides is 2. The van der Waals surface area contributed by atoms with Gasteiger partial charge in [0.1, 0.15) is 0 Å². The molecule has 0 aliphatic rings.